The van der Waals surface area contributed by atoms with Gasteiger partial charge in [-0.1, -0.05) is 37.3 Å². The molecule has 0 amide bonds. The summed E-state index contributed by atoms with van der Waals surface area (Å²) in [5.41, 5.74) is 1.63. The van der Waals surface area contributed by atoms with Crippen LogP contribution < -0.4 is 4.72 Å². The van der Waals surface area contributed by atoms with E-state index in [2.05, 4.69) is 4.72 Å². The highest BCUT2D eigenvalue weighted by Gasteiger charge is 2.18. The van der Waals surface area contributed by atoms with Crippen molar-refractivity contribution in [3.8, 4) is 0 Å². The molecule has 7 heteroatoms. The Morgan fingerprint density at radius 1 is 1.04 bits per heavy atom. The van der Waals surface area contributed by atoms with Crippen molar-refractivity contribution in [3.63, 3.8) is 0 Å². The van der Waals surface area contributed by atoms with Crippen LogP contribution >= 0.6 is 0 Å². The predicted octanol–water partition coefficient (Wildman–Crippen LogP) is 2.98. The zero-order chi connectivity index (χ0) is 20.0. The van der Waals surface area contributed by atoms with Gasteiger partial charge in [0, 0.05) is 11.6 Å². The first-order chi connectivity index (χ1) is 12.7. The smallest absolute Gasteiger partial charge is 0.338 e. The molecular weight excluding hydrogens is 366 g/mol. The molecule has 0 bridgehead atoms. The number of nitrogens with one attached hydrogen (secondary N) is 1. The number of carbonyl (C=O) groups excluding carboxylic acids is 2. The lowest BCUT2D eigenvalue weighted by molar-refractivity contribution is 0.0474. The van der Waals surface area contributed by atoms with Crippen LogP contribution in [0.15, 0.2) is 53.4 Å². The highest BCUT2D eigenvalue weighted by Crippen LogP contribution is 2.13. The number of rotatable bonds is 8. The molecule has 0 aliphatic heterocycles. The number of aryl methyl sites for hydroxylation is 1. The zero-order valence-corrected chi connectivity index (χ0v) is 16.4. The monoisotopic (exact) mass is 389 g/mol. The molecule has 0 spiro atoms. The number of sulfonamides is 1. The molecule has 2 aromatic carbocycles. The SMILES string of the molecule is CCc1ccc(C(=O)COC(=O)c2cccc(S(=O)(=O)NC(C)C)c2)cc1. The first-order valence-electron chi connectivity index (χ1n) is 8.64. The molecule has 0 radical (unpaired) electrons. The molecule has 144 valence electrons. The van der Waals surface area contributed by atoms with Gasteiger partial charge in [0.2, 0.25) is 10.0 Å². The van der Waals surface area contributed by atoms with E-state index in [4.69, 9.17) is 4.74 Å². The third-order valence-corrected chi connectivity index (χ3v) is 5.45. The van der Waals surface area contributed by atoms with Crippen LogP contribution in [0.3, 0.4) is 0 Å². The van der Waals surface area contributed by atoms with Crippen molar-refractivity contribution < 1.29 is 22.7 Å². The van der Waals surface area contributed by atoms with Gasteiger partial charge in [0.15, 0.2) is 12.4 Å². The normalized spacial score (nSPS) is 11.4. The fourth-order valence-electron chi connectivity index (χ4n) is 2.39. The second-order valence-corrected chi connectivity index (χ2v) is 8.07. The number of carbonyl (C=O) groups is 2. The first kappa shape index (κ1) is 20.8. The van der Waals surface area contributed by atoms with Crippen molar-refractivity contribution in [1.82, 2.24) is 4.72 Å². The van der Waals surface area contributed by atoms with Crippen LogP contribution in [0.2, 0.25) is 0 Å². The standard InChI is InChI=1S/C20H23NO5S/c1-4-15-8-10-16(11-9-15)19(22)13-26-20(23)17-6-5-7-18(12-17)27(24,25)21-14(2)3/h5-12,14,21H,4,13H2,1-3H3. The third kappa shape index (κ3) is 5.74. The van der Waals surface area contributed by atoms with E-state index in [1.165, 1.54) is 24.3 Å². The average molecular weight is 389 g/mol. The van der Waals surface area contributed by atoms with Gasteiger partial charge in [0.1, 0.15) is 0 Å². The summed E-state index contributed by atoms with van der Waals surface area (Å²) in [4.78, 5) is 24.3. The van der Waals surface area contributed by atoms with Crippen LogP contribution in [0.1, 0.15) is 47.1 Å². The van der Waals surface area contributed by atoms with Crippen molar-refractivity contribution in [2.45, 2.75) is 38.1 Å². The van der Waals surface area contributed by atoms with Gasteiger partial charge >= 0.3 is 5.97 Å². The molecule has 0 heterocycles. The summed E-state index contributed by atoms with van der Waals surface area (Å²) >= 11 is 0. The van der Waals surface area contributed by atoms with Gasteiger partial charge in [0.25, 0.3) is 0 Å². The van der Waals surface area contributed by atoms with Crippen molar-refractivity contribution in [2.75, 3.05) is 6.61 Å². The van der Waals surface area contributed by atoms with Crippen molar-refractivity contribution in [3.05, 3.63) is 65.2 Å². The Morgan fingerprint density at radius 2 is 1.70 bits per heavy atom. The van der Waals surface area contributed by atoms with E-state index < -0.39 is 22.6 Å². The summed E-state index contributed by atoms with van der Waals surface area (Å²) in [5, 5.41) is 0. The molecule has 0 aromatic heterocycles. The molecule has 0 saturated carbocycles. The number of esters is 1. The van der Waals surface area contributed by atoms with Crippen molar-refractivity contribution in [2.24, 2.45) is 0 Å². The van der Waals surface area contributed by atoms with Crippen LogP contribution in [0.5, 0.6) is 0 Å². The number of hydrogen-bond donors (Lipinski definition) is 1. The summed E-state index contributed by atoms with van der Waals surface area (Å²) in [7, 11) is -3.72. The van der Waals surface area contributed by atoms with Gasteiger partial charge in [-0.25, -0.2) is 17.9 Å². The quantitative estimate of drug-likeness (QED) is 0.554. The molecule has 6 nitrogen and oxygen atoms in total. The summed E-state index contributed by atoms with van der Waals surface area (Å²) in [5.74, 6) is -1.08. The fourth-order valence-corrected chi connectivity index (χ4v) is 3.69. The Bertz CT molecular complexity index is 918. The van der Waals surface area contributed by atoms with Crippen LogP contribution in [-0.2, 0) is 21.2 Å². The van der Waals surface area contributed by atoms with Gasteiger partial charge < -0.3 is 4.74 Å². The Balaban J connectivity index is 2.05. The van der Waals surface area contributed by atoms with E-state index in [9.17, 15) is 18.0 Å². The van der Waals surface area contributed by atoms with Crippen LogP contribution in [-0.4, -0.2) is 32.8 Å². The van der Waals surface area contributed by atoms with E-state index in [1.54, 1.807) is 26.0 Å². The number of ketones is 1. The van der Waals surface area contributed by atoms with E-state index in [0.29, 0.717) is 5.56 Å². The first-order valence-corrected chi connectivity index (χ1v) is 10.1. The van der Waals surface area contributed by atoms with Crippen molar-refractivity contribution >= 4 is 21.8 Å². The van der Waals surface area contributed by atoms with Crippen LogP contribution in [0, 0.1) is 0 Å². The molecule has 0 saturated heterocycles. The van der Waals surface area contributed by atoms with Gasteiger partial charge in [-0.05, 0) is 44.0 Å². The maximum absolute atomic E-state index is 12.2. The van der Waals surface area contributed by atoms with Crippen molar-refractivity contribution in [1.29, 1.82) is 0 Å². The Kier molecular flexibility index (Phi) is 6.87. The number of hydrogen-bond acceptors (Lipinski definition) is 5. The lowest BCUT2D eigenvalue weighted by Crippen LogP contribution is -2.30. The van der Waals surface area contributed by atoms with E-state index >= 15 is 0 Å². The number of ether oxygens (including phenoxy) is 1. The average Bonchev–Trinajstić information content (AvgIpc) is 2.65. The van der Waals surface area contributed by atoms with Gasteiger partial charge in [-0.2, -0.15) is 0 Å². The van der Waals surface area contributed by atoms with Gasteiger partial charge in [-0.15, -0.1) is 0 Å². The highest BCUT2D eigenvalue weighted by molar-refractivity contribution is 7.89. The maximum atomic E-state index is 12.2. The maximum Gasteiger partial charge on any atom is 0.338 e. The van der Waals surface area contributed by atoms with E-state index in [0.717, 1.165) is 12.0 Å². The molecule has 0 atom stereocenters. The molecule has 0 unspecified atom stereocenters. The molecule has 27 heavy (non-hydrogen) atoms. The molecule has 0 fully saturated rings. The summed E-state index contributed by atoms with van der Waals surface area (Å²) < 4.78 is 31.9. The second-order valence-electron chi connectivity index (χ2n) is 6.35. The Hall–Kier alpha value is -2.51. The minimum atomic E-state index is -3.72. The molecular formula is C20H23NO5S. The van der Waals surface area contributed by atoms with Crippen LogP contribution in [0.25, 0.3) is 0 Å². The minimum Gasteiger partial charge on any atom is -0.454 e. The van der Waals surface area contributed by atoms with Gasteiger partial charge in [0.05, 0.1) is 10.5 Å². The highest BCUT2D eigenvalue weighted by atomic mass is 32.2. The Labute approximate surface area is 159 Å². The van der Waals surface area contributed by atoms with Gasteiger partial charge in [-0.3, -0.25) is 4.79 Å². The van der Waals surface area contributed by atoms with E-state index in [-0.39, 0.29) is 22.3 Å². The molecule has 1 N–H and O–H groups in total. The summed E-state index contributed by atoms with van der Waals surface area (Å²) in [6.07, 6.45) is 0.869. The molecule has 2 aromatic rings. The van der Waals surface area contributed by atoms with E-state index in [1.807, 2.05) is 19.1 Å². The zero-order valence-electron chi connectivity index (χ0n) is 15.6. The lowest BCUT2D eigenvalue weighted by atomic mass is 10.1. The van der Waals surface area contributed by atoms with Crippen LogP contribution in [0.4, 0.5) is 0 Å². The Morgan fingerprint density at radius 3 is 2.30 bits per heavy atom. The molecule has 0 aliphatic carbocycles. The molecule has 0 aliphatic rings. The fraction of sp³-hybridized carbons (Fsp3) is 0.300. The minimum absolute atomic E-state index is 0.0351. The number of benzene rings is 2. The lowest BCUT2D eigenvalue weighted by Gasteiger charge is -2.10. The summed E-state index contributed by atoms with van der Waals surface area (Å²) in [6.45, 7) is 5.01. The molecule has 2 rings (SSSR count). The predicted molar refractivity (Wildman–Crippen MR) is 102 cm³/mol. The third-order valence-electron chi connectivity index (χ3n) is 3.79. The summed E-state index contributed by atoms with van der Waals surface area (Å²) in [6, 6.07) is 12.3. The second kappa shape index (κ2) is 8.92. The largest absolute Gasteiger partial charge is 0.454 e. The number of Topliss-reactive ketones (excluding diaryl/α,β-unsaturated/α-hetero) is 1. The topological polar surface area (TPSA) is 89.5 Å².